The number of amides is 2. The van der Waals surface area contributed by atoms with Gasteiger partial charge >= 0.3 is 6.03 Å². The molecule has 0 atom stereocenters. The quantitative estimate of drug-likeness (QED) is 0.699. The lowest BCUT2D eigenvalue weighted by Crippen LogP contribution is -2.33. The van der Waals surface area contributed by atoms with Gasteiger partial charge in [0.2, 0.25) is 0 Å². The van der Waals surface area contributed by atoms with Crippen molar-refractivity contribution in [1.29, 1.82) is 0 Å². The molecule has 0 aliphatic heterocycles. The van der Waals surface area contributed by atoms with Crippen molar-refractivity contribution in [2.24, 2.45) is 0 Å². The van der Waals surface area contributed by atoms with E-state index in [0.717, 1.165) is 5.69 Å². The summed E-state index contributed by atoms with van der Waals surface area (Å²) in [6.07, 6.45) is 0. The average Bonchev–Trinajstić information content (AvgIpc) is 3.21. The molecule has 3 nitrogen and oxygen atoms in total. The molecule has 1 N–H and O–H groups in total. The Balaban J connectivity index is 1.73. The van der Waals surface area contributed by atoms with E-state index < -0.39 is 0 Å². The largest absolute Gasteiger partial charge is 0.322 e. The van der Waals surface area contributed by atoms with Gasteiger partial charge in [-0.05, 0) is 35.0 Å². The van der Waals surface area contributed by atoms with Gasteiger partial charge < -0.3 is 10.2 Å². The lowest BCUT2D eigenvalue weighted by atomic mass is 10.3. The Morgan fingerprint density at radius 1 is 0.864 bits per heavy atom. The molecule has 112 valence electrons. The van der Waals surface area contributed by atoms with E-state index in [2.05, 4.69) is 17.4 Å². The molecular weight excluding hydrogens is 312 g/mol. The maximum atomic E-state index is 12.6. The van der Waals surface area contributed by atoms with Crippen molar-refractivity contribution >= 4 is 34.4 Å². The van der Waals surface area contributed by atoms with Crippen LogP contribution in [0.3, 0.4) is 0 Å². The minimum absolute atomic E-state index is 0.0759. The van der Waals surface area contributed by atoms with E-state index in [1.807, 2.05) is 58.1 Å². The Bertz CT molecular complexity index is 657. The zero-order chi connectivity index (χ0) is 15.2. The highest BCUT2D eigenvalue weighted by Gasteiger charge is 2.15. The minimum atomic E-state index is -0.0759. The molecular formula is C17H16N2OS2. The van der Waals surface area contributed by atoms with Gasteiger partial charge in [-0.3, -0.25) is 0 Å². The lowest BCUT2D eigenvalue weighted by Gasteiger charge is -2.22. The van der Waals surface area contributed by atoms with Crippen molar-refractivity contribution < 1.29 is 4.79 Å². The van der Waals surface area contributed by atoms with Crippen LogP contribution in [0.1, 0.15) is 9.75 Å². The van der Waals surface area contributed by atoms with E-state index in [4.69, 9.17) is 0 Å². The van der Waals surface area contributed by atoms with Gasteiger partial charge in [-0.15, -0.1) is 22.7 Å². The Labute approximate surface area is 137 Å². The summed E-state index contributed by atoms with van der Waals surface area (Å²) in [7, 11) is 0. The van der Waals surface area contributed by atoms with Crippen molar-refractivity contribution in [2.45, 2.75) is 13.1 Å². The second kappa shape index (κ2) is 7.24. The van der Waals surface area contributed by atoms with Gasteiger partial charge in [-0.25, -0.2) is 4.79 Å². The minimum Gasteiger partial charge on any atom is -0.314 e. The van der Waals surface area contributed by atoms with Crippen LogP contribution in [-0.4, -0.2) is 10.9 Å². The summed E-state index contributed by atoms with van der Waals surface area (Å²) in [5.41, 5.74) is 0.815. The third kappa shape index (κ3) is 3.96. The van der Waals surface area contributed by atoms with Crippen LogP contribution in [-0.2, 0) is 13.1 Å². The maximum Gasteiger partial charge on any atom is 0.322 e. The summed E-state index contributed by atoms with van der Waals surface area (Å²) in [6.45, 7) is 1.24. The molecule has 0 spiro atoms. The molecule has 3 rings (SSSR count). The van der Waals surface area contributed by atoms with Crippen LogP contribution in [0.5, 0.6) is 0 Å². The van der Waals surface area contributed by atoms with Crippen molar-refractivity contribution in [1.82, 2.24) is 4.90 Å². The van der Waals surface area contributed by atoms with E-state index in [-0.39, 0.29) is 6.03 Å². The molecule has 0 saturated carbocycles. The summed E-state index contributed by atoms with van der Waals surface area (Å²) in [4.78, 5) is 16.8. The fourth-order valence-corrected chi connectivity index (χ4v) is 3.54. The number of thiophene rings is 2. The van der Waals surface area contributed by atoms with E-state index in [9.17, 15) is 4.79 Å². The predicted octanol–water partition coefficient (Wildman–Crippen LogP) is 5.04. The van der Waals surface area contributed by atoms with Crippen LogP contribution in [0.15, 0.2) is 65.4 Å². The van der Waals surface area contributed by atoms with Crippen LogP contribution in [0, 0.1) is 0 Å². The number of carbonyl (C=O) groups excluding carboxylic acids is 1. The summed E-state index contributed by atoms with van der Waals surface area (Å²) < 4.78 is 0. The molecule has 0 aliphatic rings. The van der Waals surface area contributed by atoms with Crippen molar-refractivity contribution in [3.63, 3.8) is 0 Å². The monoisotopic (exact) mass is 328 g/mol. The van der Waals surface area contributed by atoms with Gasteiger partial charge in [-0.2, -0.15) is 0 Å². The number of urea groups is 1. The van der Waals surface area contributed by atoms with Gasteiger partial charge in [0.25, 0.3) is 0 Å². The number of para-hydroxylation sites is 1. The van der Waals surface area contributed by atoms with E-state index in [0.29, 0.717) is 13.1 Å². The molecule has 5 heteroatoms. The van der Waals surface area contributed by atoms with Crippen molar-refractivity contribution in [2.75, 3.05) is 5.32 Å². The van der Waals surface area contributed by atoms with Gasteiger partial charge in [0.1, 0.15) is 0 Å². The molecule has 0 bridgehead atoms. The first-order valence-electron chi connectivity index (χ1n) is 6.97. The molecule has 3 aromatic rings. The maximum absolute atomic E-state index is 12.6. The van der Waals surface area contributed by atoms with E-state index >= 15 is 0 Å². The number of benzene rings is 1. The van der Waals surface area contributed by atoms with Gasteiger partial charge in [-0.1, -0.05) is 30.3 Å². The predicted molar refractivity (Wildman–Crippen MR) is 93.3 cm³/mol. The number of nitrogens with one attached hydrogen (secondary N) is 1. The second-order valence-corrected chi connectivity index (χ2v) is 6.88. The standard InChI is InChI=1S/C17H16N2OS2/c20-17(18-14-6-2-1-3-7-14)19(12-15-8-4-10-21-15)13-16-9-5-11-22-16/h1-11H,12-13H2,(H,18,20). The highest BCUT2D eigenvalue weighted by molar-refractivity contribution is 7.10. The summed E-state index contributed by atoms with van der Waals surface area (Å²) >= 11 is 3.34. The molecule has 2 aromatic heterocycles. The highest BCUT2D eigenvalue weighted by Crippen LogP contribution is 2.18. The molecule has 0 fully saturated rings. The third-order valence-electron chi connectivity index (χ3n) is 3.17. The molecule has 2 heterocycles. The second-order valence-electron chi connectivity index (χ2n) is 4.81. The van der Waals surface area contributed by atoms with Gasteiger partial charge in [0.15, 0.2) is 0 Å². The van der Waals surface area contributed by atoms with Crippen LogP contribution in [0.25, 0.3) is 0 Å². The number of nitrogens with zero attached hydrogens (tertiary/aromatic N) is 1. The number of carbonyl (C=O) groups is 1. The number of anilines is 1. The Morgan fingerprint density at radius 3 is 1.95 bits per heavy atom. The van der Waals surface area contributed by atoms with E-state index in [1.165, 1.54) is 9.75 Å². The topological polar surface area (TPSA) is 32.3 Å². The van der Waals surface area contributed by atoms with Crippen LogP contribution in [0.2, 0.25) is 0 Å². The van der Waals surface area contributed by atoms with Crippen molar-refractivity contribution in [3.05, 3.63) is 75.1 Å². The first-order valence-corrected chi connectivity index (χ1v) is 8.73. The summed E-state index contributed by atoms with van der Waals surface area (Å²) in [5, 5.41) is 7.03. The molecule has 0 unspecified atom stereocenters. The molecule has 1 aromatic carbocycles. The Hall–Kier alpha value is -2.11. The first kappa shape index (κ1) is 14.8. The smallest absolute Gasteiger partial charge is 0.314 e. The third-order valence-corrected chi connectivity index (χ3v) is 4.89. The highest BCUT2D eigenvalue weighted by atomic mass is 32.1. The van der Waals surface area contributed by atoms with E-state index in [1.54, 1.807) is 22.7 Å². The number of rotatable bonds is 5. The zero-order valence-corrected chi connectivity index (χ0v) is 13.6. The van der Waals surface area contributed by atoms with Crippen LogP contribution >= 0.6 is 22.7 Å². The first-order chi connectivity index (χ1) is 10.8. The van der Waals surface area contributed by atoms with Gasteiger partial charge in [0.05, 0.1) is 13.1 Å². The average molecular weight is 328 g/mol. The molecule has 2 amide bonds. The van der Waals surface area contributed by atoms with Crippen LogP contribution in [0.4, 0.5) is 10.5 Å². The molecule has 0 aliphatic carbocycles. The molecule has 0 radical (unpaired) electrons. The van der Waals surface area contributed by atoms with Crippen LogP contribution < -0.4 is 5.32 Å². The number of hydrogen-bond donors (Lipinski definition) is 1. The fourth-order valence-electron chi connectivity index (χ4n) is 2.10. The normalized spacial score (nSPS) is 10.4. The van der Waals surface area contributed by atoms with Gasteiger partial charge in [0, 0.05) is 15.4 Å². The SMILES string of the molecule is O=C(Nc1ccccc1)N(Cc1cccs1)Cc1cccs1. The van der Waals surface area contributed by atoms with Crippen molar-refractivity contribution in [3.8, 4) is 0 Å². The Kier molecular flexibility index (Phi) is 4.88. The summed E-state index contributed by atoms with van der Waals surface area (Å²) in [6, 6.07) is 17.6. The fraction of sp³-hybridized carbons (Fsp3) is 0.118. The number of hydrogen-bond acceptors (Lipinski definition) is 3. The Morgan fingerprint density at radius 2 is 1.45 bits per heavy atom. The summed E-state index contributed by atoms with van der Waals surface area (Å²) in [5.74, 6) is 0. The molecule has 0 saturated heterocycles. The molecule has 22 heavy (non-hydrogen) atoms. The zero-order valence-electron chi connectivity index (χ0n) is 11.9. The lowest BCUT2D eigenvalue weighted by molar-refractivity contribution is 0.207.